The zero-order valence-electron chi connectivity index (χ0n) is 10.3. The average molecular weight is 272 g/mol. The van der Waals surface area contributed by atoms with Gasteiger partial charge >= 0.3 is 0 Å². The molecule has 19 heavy (non-hydrogen) atoms. The maximum Gasteiger partial charge on any atom is 0.277 e. The van der Waals surface area contributed by atoms with Crippen molar-refractivity contribution in [1.29, 1.82) is 0 Å². The fourth-order valence-corrected chi connectivity index (χ4v) is 2.33. The Kier molecular flexibility index (Phi) is 3.00. The van der Waals surface area contributed by atoms with Crippen molar-refractivity contribution in [1.82, 2.24) is 15.1 Å². The van der Waals surface area contributed by atoms with E-state index in [1.54, 1.807) is 5.38 Å². The molecular formula is C13H12N4OS. The molecule has 2 heterocycles. The number of nitrogens with zero attached hydrogens (tertiary/aromatic N) is 3. The predicted octanol–water partition coefficient (Wildman–Crippen LogP) is 2.67. The number of thiazole rings is 1. The number of aryl methyl sites for hydroxylation is 1. The summed E-state index contributed by atoms with van der Waals surface area (Å²) >= 11 is 1.35. The van der Waals surface area contributed by atoms with Crippen LogP contribution in [0, 0.1) is 6.92 Å². The summed E-state index contributed by atoms with van der Waals surface area (Å²) in [4.78, 5) is 8.46. The molecule has 0 aliphatic rings. The fraction of sp³-hybridized carbons (Fsp3) is 0.154. The van der Waals surface area contributed by atoms with Gasteiger partial charge in [0.05, 0.1) is 0 Å². The topological polar surface area (TPSA) is 77.8 Å². The van der Waals surface area contributed by atoms with E-state index in [0.717, 1.165) is 0 Å². The quantitative estimate of drug-likeness (QED) is 0.793. The minimum absolute atomic E-state index is 0.413. The molecule has 0 aliphatic carbocycles. The van der Waals surface area contributed by atoms with Crippen LogP contribution in [-0.4, -0.2) is 15.1 Å². The van der Waals surface area contributed by atoms with Crippen molar-refractivity contribution in [2.45, 2.75) is 13.3 Å². The first-order valence-electron chi connectivity index (χ1n) is 5.81. The normalized spacial score (nSPS) is 10.8. The maximum atomic E-state index is 5.58. The Morgan fingerprint density at radius 2 is 2.11 bits per heavy atom. The lowest BCUT2D eigenvalue weighted by atomic mass is 10.1. The molecule has 0 bridgehead atoms. The second-order valence-electron chi connectivity index (χ2n) is 4.19. The van der Waals surface area contributed by atoms with Gasteiger partial charge in [0.25, 0.3) is 5.89 Å². The number of hydrogen-bond donors (Lipinski definition) is 1. The van der Waals surface area contributed by atoms with Gasteiger partial charge in [-0.1, -0.05) is 29.4 Å². The molecule has 0 atom stereocenters. The van der Waals surface area contributed by atoms with E-state index in [9.17, 15) is 0 Å². The first kappa shape index (κ1) is 11.9. The van der Waals surface area contributed by atoms with Crippen molar-refractivity contribution in [2.75, 3.05) is 5.73 Å². The molecule has 6 heteroatoms. The number of nitrogen functional groups attached to an aromatic ring is 1. The van der Waals surface area contributed by atoms with Crippen molar-refractivity contribution in [3.8, 4) is 11.6 Å². The summed E-state index contributed by atoms with van der Waals surface area (Å²) in [5.41, 5.74) is 8.62. The van der Waals surface area contributed by atoms with Crippen LogP contribution in [0.15, 0.2) is 34.2 Å². The minimum Gasteiger partial charge on any atom is -0.375 e. The van der Waals surface area contributed by atoms with E-state index in [-0.39, 0.29) is 0 Å². The summed E-state index contributed by atoms with van der Waals surface area (Å²) in [6, 6.07) is 8.15. The van der Waals surface area contributed by atoms with E-state index in [4.69, 9.17) is 10.3 Å². The summed E-state index contributed by atoms with van der Waals surface area (Å²) in [7, 11) is 0. The first-order valence-corrected chi connectivity index (χ1v) is 6.69. The molecule has 0 fully saturated rings. The summed E-state index contributed by atoms with van der Waals surface area (Å²) in [5.74, 6) is 1.06. The molecule has 1 aromatic carbocycles. The molecule has 5 nitrogen and oxygen atoms in total. The van der Waals surface area contributed by atoms with Gasteiger partial charge < -0.3 is 10.3 Å². The molecule has 3 aromatic rings. The molecule has 0 spiro atoms. The van der Waals surface area contributed by atoms with Gasteiger partial charge in [0.15, 0.2) is 11.0 Å². The highest BCUT2D eigenvalue weighted by Crippen LogP contribution is 2.22. The van der Waals surface area contributed by atoms with Crippen molar-refractivity contribution >= 4 is 16.5 Å². The number of aromatic nitrogens is 3. The molecule has 0 radical (unpaired) electrons. The van der Waals surface area contributed by atoms with Crippen molar-refractivity contribution in [3.05, 3.63) is 46.6 Å². The molecule has 0 saturated heterocycles. The minimum atomic E-state index is 0.413. The van der Waals surface area contributed by atoms with Crippen LogP contribution in [0.1, 0.15) is 17.0 Å². The van der Waals surface area contributed by atoms with Gasteiger partial charge in [-0.25, -0.2) is 4.98 Å². The Labute approximate surface area is 114 Å². The first-order chi connectivity index (χ1) is 9.22. The van der Waals surface area contributed by atoms with Crippen molar-refractivity contribution in [3.63, 3.8) is 0 Å². The molecule has 0 amide bonds. The second kappa shape index (κ2) is 4.81. The van der Waals surface area contributed by atoms with Crippen LogP contribution in [0.25, 0.3) is 11.6 Å². The maximum absolute atomic E-state index is 5.58. The Balaban J connectivity index is 1.84. The third-order valence-corrected chi connectivity index (χ3v) is 3.49. The van der Waals surface area contributed by atoms with Gasteiger partial charge in [-0.15, -0.1) is 11.3 Å². The van der Waals surface area contributed by atoms with E-state index >= 15 is 0 Å². The fourth-order valence-electron chi connectivity index (χ4n) is 1.79. The third kappa shape index (κ3) is 2.48. The van der Waals surface area contributed by atoms with Gasteiger partial charge in [-0.05, 0) is 18.1 Å². The SMILES string of the molecule is Cc1ccccc1Cc1noc(-c2csc(N)n2)n1. The lowest BCUT2D eigenvalue weighted by Gasteiger charge is -2.00. The van der Waals surface area contributed by atoms with Crippen LogP contribution >= 0.6 is 11.3 Å². The van der Waals surface area contributed by atoms with Crippen LogP contribution < -0.4 is 5.73 Å². The Morgan fingerprint density at radius 1 is 1.26 bits per heavy atom. The standard InChI is InChI=1S/C13H12N4OS/c1-8-4-2-3-5-9(8)6-11-16-12(18-17-11)10-7-19-13(14)15-10/h2-5,7H,6H2,1H3,(H2,14,15). The molecule has 0 saturated carbocycles. The molecule has 2 N–H and O–H groups in total. The van der Waals surface area contributed by atoms with Gasteiger partial charge in [0, 0.05) is 11.8 Å². The van der Waals surface area contributed by atoms with Crippen LogP contribution in [0.4, 0.5) is 5.13 Å². The van der Waals surface area contributed by atoms with Gasteiger partial charge in [-0.3, -0.25) is 0 Å². The summed E-state index contributed by atoms with van der Waals surface area (Å²) in [5, 5.41) is 6.28. The lowest BCUT2D eigenvalue weighted by molar-refractivity contribution is 0.423. The zero-order valence-corrected chi connectivity index (χ0v) is 11.1. The highest BCUT2D eigenvalue weighted by molar-refractivity contribution is 7.13. The van der Waals surface area contributed by atoms with Crippen molar-refractivity contribution < 1.29 is 4.52 Å². The van der Waals surface area contributed by atoms with Gasteiger partial charge in [0.1, 0.15) is 5.69 Å². The smallest absolute Gasteiger partial charge is 0.277 e. The number of benzene rings is 1. The highest BCUT2D eigenvalue weighted by Gasteiger charge is 2.12. The van der Waals surface area contributed by atoms with E-state index < -0.39 is 0 Å². The molecule has 3 rings (SSSR count). The van der Waals surface area contributed by atoms with E-state index in [1.807, 2.05) is 12.1 Å². The van der Waals surface area contributed by atoms with E-state index in [0.29, 0.717) is 29.0 Å². The van der Waals surface area contributed by atoms with Crippen LogP contribution in [0.3, 0.4) is 0 Å². The second-order valence-corrected chi connectivity index (χ2v) is 5.08. The zero-order chi connectivity index (χ0) is 13.2. The summed E-state index contributed by atoms with van der Waals surface area (Å²) in [6.07, 6.45) is 0.649. The largest absolute Gasteiger partial charge is 0.375 e. The molecular weight excluding hydrogens is 260 g/mol. The summed E-state index contributed by atoms with van der Waals surface area (Å²) < 4.78 is 5.20. The van der Waals surface area contributed by atoms with Crippen LogP contribution in [-0.2, 0) is 6.42 Å². The molecule has 2 aromatic heterocycles. The van der Waals surface area contributed by atoms with E-state index in [2.05, 4.69) is 34.2 Å². The van der Waals surface area contributed by atoms with Gasteiger partial charge in [0.2, 0.25) is 0 Å². The Hall–Kier alpha value is -2.21. The molecule has 96 valence electrons. The lowest BCUT2D eigenvalue weighted by Crippen LogP contribution is -1.93. The van der Waals surface area contributed by atoms with Crippen LogP contribution in [0.5, 0.6) is 0 Å². The monoisotopic (exact) mass is 272 g/mol. The molecule has 0 aliphatic heterocycles. The highest BCUT2D eigenvalue weighted by atomic mass is 32.1. The average Bonchev–Trinajstić information content (AvgIpc) is 3.01. The van der Waals surface area contributed by atoms with E-state index in [1.165, 1.54) is 22.5 Å². The number of hydrogen-bond acceptors (Lipinski definition) is 6. The van der Waals surface area contributed by atoms with Gasteiger partial charge in [-0.2, -0.15) is 4.98 Å². The predicted molar refractivity (Wildman–Crippen MR) is 73.8 cm³/mol. The number of rotatable bonds is 3. The Morgan fingerprint density at radius 3 is 2.84 bits per heavy atom. The Bertz CT molecular complexity index is 704. The number of nitrogens with two attached hydrogens (primary N) is 1. The summed E-state index contributed by atoms with van der Waals surface area (Å²) in [6.45, 7) is 2.07. The number of anilines is 1. The van der Waals surface area contributed by atoms with Crippen LogP contribution in [0.2, 0.25) is 0 Å². The van der Waals surface area contributed by atoms with Crippen molar-refractivity contribution in [2.24, 2.45) is 0 Å². The third-order valence-electron chi connectivity index (χ3n) is 2.82. The molecule has 0 unspecified atom stereocenters.